The van der Waals surface area contributed by atoms with Gasteiger partial charge in [-0.1, -0.05) is 19.4 Å². The Hall–Kier alpha value is -1.77. The summed E-state index contributed by atoms with van der Waals surface area (Å²) in [7, 11) is 0. The van der Waals surface area contributed by atoms with E-state index in [0.717, 1.165) is 48.7 Å². The van der Waals surface area contributed by atoms with Gasteiger partial charge < -0.3 is 9.88 Å². The number of rotatable bonds is 3. The van der Waals surface area contributed by atoms with Gasteiger partial charge in [0.05, 0.1) is 0 Å². The summed E-state index contributed by atoms with van der Waals surface area (Å²) in [6.07, 6.45) is 7.71. The van der Waals surface area contributed by atoms with Gasteiger partial charge in [-0.15, -0.1) is 0 Å². The third kappa shape index (κ3) is 2.33. The van der Waals surface area contributed by atoms with E-state index < -0.39 is 0 Å². The van der Waals surface area contributed by atoms with Crippen LogP contribution >= 0.6 is 0 Å². The second-order valence-corrected chi connectivity index (χ2v) is 5.68. The highest BCUT2D eigenvalue weighted by molar-refractivity contribution is 6.06. The van der Waals surface area contributed by atoms with Crippen LogP contribution in [0.3, 0.4) is 0 Å². The lowest BCUT2D eigenvalue weighted by Gasteiger charge is -2.36. The smallest absolute Gasteiger partial charge is 0.254 e. The number of likely N-dealkylation sites (tertiary alicyclic amines) is 1. The van der Waals surface area contributed by atoms with Gasteiger partial charge in [-0.05, 0) is 43.9 Å². The summed E-state index contributed by atoms with van der Waals surface area (Å²) < 4.78 is 0. The molecule has 0 saturated carbocycles. The van der Waals surface area contributed by atoms with E-state index in [1.165, 1.54) is 6.42 Å². The molecule has 1 fully saturated rings. The molecule has 1 saturated heterocycles. The Balaban J connectivity index is 1.92. The number of fused-ring (bicyclic) bond motifs is 1. The standard InChI is InChI=1S/C17H22N2O/c1-2-6-13-7-3-4-12-19(13)17(20)15-8-5-9-16-14(15)10-11-18-16/h5,8-11,13,18H,2-4,6-7,12H2,1H3. The number of nitrogens with one attached hydrogen (secondary N) is 1. The predicted octanol–water partition coefficient (Wildman–Crippen LogP) is 3.96. The van der Waals surface area contributed by atoms with Gasteiger partial charge in [0.1, 0.15) is 0 Å². The molecule has 2 aromatic rings. The zero-order valence-corrected chi connectivity index (χ0v) is 12.1. The molecule has 3 rings (SSSR count). The molecule has 3 nitrogen and oxygen atoms in total. The molecule has 0 aliphatic carbocycles. The van der Waals surface area contributed by atoms with Crippen molar-refractivity contribution in [1.29, 1.82) is 0 Å². The molecular weight excluding hydrogens is 248 g/mol. The highest BCUT2D eigenvalue weighted by atomic mass is 16.2. The first kappa shape index (κ1) is 13.2. The first-order valence-corrected chi connectivity index (χ1v) is 7.68. The first-order chi connectivity index (χ1) is 9.81. The highest BCUT2D eigenvalue weighted by Crippen LogP contribution is 2.25. The van der Waals surface area contributed by atoms with Crippen molar-refractivity contribution in [3.8, 4) is 0 Å². The second-order valence-electron chi connectivity index (χ2n) is 5.68. The Morgan fingerprint density at radius 2 is 2.25 bits per heavy atom. The van der Waals surface area contributed by atoms with Gasteiger partial charge >= 0.3 is 0 Å². The van der Waals surface area contributed by atoms with E-state index in [2.05, 4.69) is 16.8 Å². The minimum absolute atomic E-state index is 0.202. The van der Waals surface area contributed by atoms with Crippen LogP contribution in [0.15, 0.2) is 30.5 Å². The second kappa shape index (κ2) is 5.70. The topological polar surface area (TPSA) is 36.1 Å². The van der Waals surface area contributed by atoms with Crippen LogP contribution in [0.4, 0.5) is 0 Å². The number of nitrogens with zero attached hydrogens (tertiary/aromatic N) is 1. The number of hydrogen-bond donors (Lipinski definition) is 1. The molecule has 1 aromatic carbocycles. The van der Waals surface area contributed by atoms with Crippen molar-refractivity contribution >= 4 is 16.8 Å². The summed E-state index contributed by atoms with van der Waals surface area (Å²) in [4.78, 5) is 18.2. The number of carbonyl (C=O) groups is 1. The molecule has 1 aliphatic heterocycles. The van der Waals surface area contributed by atoms with Crippen molar-refractivity contribution in [1.82, 2.24) is 9.88 Å². The zero-order chi connectivity index (χ0) is 13.9. The lowest BCUT2D eigenvalue weighted by Crippen LogP contribution is -2.43. The molecule has 1 aliphatic rings. The van der Waals surface area contributed by atoms with E-state index in [4.69, 9.17) is 0 Å². The van der Waals surface area contributed by atoms with Crippen molar-refractivity contribution in [2.45, 2.75) is 45.1 Å². The van der Waals surface area contributed by atoms with E-state index in [0.29, 0.717) is 6.04 Å². The van der Waals surface area contributed by atoms with E-state index in [-0.39, 0.29) is 5.91 Å². The normalized spacial score (nSPS) is 19.4. The van der Waals surface area contributed by atoms with Crippen LogP contribution in [0.25, 0.3) is 10.9 Å². The molecular formula is C17H22N2O. The Labute approximate surface area is 120 Å². The fraction of sp³-hybridized carbons (Fsp3) is 0.471. The average molecular weight is 270 g/mol. The Morgan fingerprint density at radius 3 is 3.10 bits per heavy atom. The molecule has 3 heteroatoms. The van der Waals surface area contributed by atoms with Crippen molar-refractivity contribution in [3.05, 3.63) is 36.0 Å². The van der Waals surface area contributed by atoms with Crippen LogP contribution < -0.4 is 0 Å². The zero-order valence-electron chi connectivity index (χ0n) is 12.1. The average Bonchev–Trinajstić information content (AvgIpc) is 2.96. The van der Waals surface area contributed by atoms with E-state index in [1.54, 1.807) is 0 Å². The third-order valence-corrected chi connectivity index (χ3v) is 4.34. The van der Waals surface area contributed by atoms with Gasteiger partial charge in [-0.25, -0.2) is 0 Å². The van der Waals surface area contributed by atoms with Gasteiger partial charge in [0.15, 0.2) is 0 Å². The number of hydrogen-bond acceptors (Lipinski definition) is 1. The predicted molar refractivity (Wildman–Crippen MR) is 81.9 cm³/mol. The van der Waals surface area contributed by atoms with Crippen LogP contribution in [-0.2, 0) is 0 Å². The molecule has 106 valence electrons. The van der Waals surface area contributed by atoms with Crippen molar-refractivity contribution in [3.63, 3.8) is 0 Å². The lowest BCUT2D eigenvalue weighted by atomic mass is 9.96. The van der Waals surface area contributed by atoms with Gasteiger partial charge in [-0.3, -0.25) is 4.79 Å². The SMILES string of the molecule is CCCC1CCCCN1C(=O)c1cccc2[nH]ccc12. The number of benzene rings is 1. The molecule has 2 heterocycles. The molecule has 0 bridgehead atoms. The summed E-state index contributed by atoms with van der Waals surface area (Å²) in [5.41, 5.74) is 1.88. The Morgan fingerprint density at radius 1 is 1.35 bits per heavy atom. The molecule has 1 aromatic heterocycles. The van der Waals surface area contributed by atoms with E-state index >= 15 is 0 Å². The number of amides is 1. The molecule has 1 atom stereocenters. The molecule has 1 amide bonds. The van der Waals surface area contributed by atoms with Crippen molar-refractivity contribution in [2.75, 3.05) is 6.54 Å². The summed E-state index contributed by atoms with van der Waals surface area (Å²) in [6, 6.07) is 8.36. The van der Waals surface area contributed by atoms with Crippen LogP contribution in [0.1, 0.15) is 49.4 Å². The largest absolute Gasteiger partial charge is 0.361 e. The van der Waals surface area contributed by atoms with Crippen LogP contribution in [0.5, 0.6) is 0 Å². The number of aromatic amines is 1. The van der Waals surface area contributed by atoms with E-state index in [1.807, 2.05) is 30.5 Å². The number of piperidine rings is 1. The quantitative estimate of drug-likeness (QED) is 0.900. The Bertz CT molecular complexity index is 600. The molecule has 0 spiro atoms. The number of aromatic nitrogens is 1. The Kier molecular flexibility index (Phi) is 3.77. The van der Waals surface area contributed by atoms with E-state index in [9.17, 15) is 4.79 Å². The van der Waals surface area contributed by atoms with Crippen molar-refractivity contribution < 1.29 is 4.79 Å². The van der Waals surface area contributed by atoms with Gasteiger partial charge in [-0.2, -0.15) is 0 Å². The third-order valence-electron chi connectivity index (χ3n) is 4.34. The van der Waals surface area contributed by atoms with Crippen LogP contribution in [0.2, 0.25) is 0 Å². The monoisotopic (exact) mass is 270 g/mol. The van der Waals surface area contributed by atoms with Crippen LogP contribution in [0, 0.1) is 0 Å². The first-order valence-electron chi connectivity index (χ1n) is 7.68. The van der Waals surface area contributed by atoms with Gasteiger partial charge in [0.25, 0.3) is 5.91 Å². The molecule has 1 N–H and O–H groups in total. The maximum Gasteiger partial charge on any atom is 0.254 e. The summed E-state index contributed by atoms with van der Waals surface area (Å²) in [5.74, 6) is 0.202. The summed E-state index contributed by atoms with van der Waals surface area (Å²) in [5, 5.41) is 1.04. The minimum atomic E-state index is 0.202. The fourth-order valence-electron chi connectivity index (χ4n) is 3.33. The fourth-order valence-corrected chi connectivity index (χ4v) is 3.33. The lowest BCUT2D eigenvalue weighted by molar-refractivity contribution is 0.0603. The maximum atomic E-state index is 12.9. The minimum Gasteiger partial charge on any atom is -0.361 e. The summed E-state index contributed by atoms with van der Waals surface area (Å²) >= 11 is 0. The van der Waals surface area contributed by atoms with Gasteiger partial charge in [0.2, 0.25) is 0 Å². The van der Waals surface area contributed by atoms with Crippen molar-refractivity contribution in [2.24, 2.45) is 0 Å². The maximum absolute atomic E-state index is 12.9. The highest BCUT2D eigenvalue weighted by Gasteiger charge is 2.27. The van der Waals surface area contributed by atoms with Crippen LogP contribution in [-0.4, -0.2) is 28.4 Å². The number of H-pyrrole nitrogens is 1. The molecule has 0 radical (unpaired) electrons. The molecule has 1 unspecified atom stereocenters. The molecule has 20 heavy (non-hydrogen) atoms. The summed E-state index contributed by atoms with van der Waals surface area (Å²) in [6.45, 7) is 3.11. The number of carbonyl (C=O) groups excluding carboxylic acids is 1. The van der Waals surface area contributed by atoms with Gasteiger partial charge in [0, 0.05) is 35.2 Å².